The smallest absolute Gasteiger partial charge is 0.409 e. The maximum absolute atomic E-state index is 12.8. The molecule has 1 aliphatic heterocycles. The fourth-order valence-electron chi connectivity index (χ4n) is 3.56. The molecule has 27 heavy (non-hydrogen) atoms. The van der Waals surface area contributed by atoms with Crippen molar-refractivity contribution in [2.45, 2.75) is 39.7 Å². The third-order valence-electron chi connectivity index (χ3n) is 4.94. The molecular formula is C20H26N4O3. The van der Waals surface area contributed by atoms with Crippen LogP contribution in [-0.4, -0.2) is 52.2 Å². The molecule has 2 aromatic heterocycles. The number of carbonyl (C=O) groups is 2. The standard InChI is InChI=1S/C20H26N4O3/c1-4-27-20(26)23-10-7-16(8-11-23)22-19(25)18-12-14(2)24(15(18)3)17-6-5-9-21-13-17/h5-6,9,12-13,16H,4,7-8,10-11H2,1-3H3,(H,22,25). The van der Waals surface area contributed by atoms with Crippen molar-refractivity contribution in [1.82, 2.24) is 19.8 Å². The van der Waals surface area contributed by atoms with Gasteiger partial charge in [-0.25, -0.2) is 4.79 Å². The molecule has 0 radical (unpaired) electrons. The third kappa shape index (κ3) is 4.13. The minimum atomic E-state index is -0.276. The van der Waals surface area contributed by atoms with E-state index in [2.05, 4.69) is 10.3 Å². The molecule has 7 nitrogen and oxygen atoms in total. The maximum Gasteiger partial charge on any atom is 0.409 e. The van der Waals surface area contributed by atoms with E-state index in [0.29, 0.717) is 25.3 Å². The summed E-state index contributed by atoms with van der Waals surface area (Å²) in [5.41, 5.74) is 3.49. The van der Waals surface area contributed by atoms with Gasteiger partial charge in [-0.2, -0.15) is 0 Å². The number of piperidine rings is 1. The second-order valence-electron chi connectivity index (χ2n) is 6.77. The monoisotopic (exact) mass is 370 g/mol. The zero-order chi connectivity index (χ0) is 19.4. The van der Waals surface area contributed by atoms with Gasteiger partial charge >= 0.3 is 6.09 Å². The Hall–Kier alpha value is -2.83. The Morgan fingerprint density at radius 1 is 1.30 bits per heavy atom. The van der Waals surface area contributed by atoms with Crippen molar-refractivity contribution >= 4 is 12.0 Å². The van der Waals surface area contributed by atoms with E-state index >= 15 is 0 Å². The fourth-order valence-corrected chi connectivity index (χ4v) is 3.56. The molecule has 0 aromatic carbocycles. The van der Waals surface area contributed by atoms with Crippen LogP contribution in [0.1, 0.15) is 41.5 Å². The average molecular weight is 370 g/mol. The van der Waals surface area contributed by atoms with Gasteiger partial charge in [-0.1, -0.05) is 0 Å². The van der Waals surface area contributed by atoms with E-state index in [0.717, 1.165) is 29.9 Å². The summed E-state index contributed by atoms with van der Waals surface area (Å²) in [5.74, 6) is -0.0761. The number of ether oxygens (including phenoxy) is 1. The number of amides is 2. The summed E-state index contributed by atoms with van der Waals surface area (Å²) in [6.45, 7) is 7.29. The van der Waals surface area contributed by atoms with E-state index in [1.54, 1.807) is 24.2 Å². The lowest BCUT2D eigenvalue weighted by molar-refractivity contribution is 0.0859. The van der Waals surface area contributed by atoms with E-state index in [1.165, 1.54) is 0 Å². The highest BCUT2D eigenvalue weighted by atomic mass is 16.6. The van der Waals surface area contributed by atoms with Crippen LogP contribution >= 0.6 is 0 Å². The molecule has 144 valence electrons. The SMILES string of the molecule is CCOC(=O)N1CCC(NC(=O)c2cc(C)n(-c3cccnc3)c2C)CC1. The molecule has 0 bridgehead atoms. The van der Waals surface area contributed by atoms with Crippen LogP contribution in [0.5, 0.6) is 0 Å². The van der Waals surface area contributed by atoms with Crippen LogP contribution in [0.15, 0.2) is 30.6 Å². The van der Waals surface area contributed by atoms with E-state index in [1.807, 2.05) is 36.6 Å². The van der Waals surface area contributed by atoms with Crippen molar-refractivity contribution in [2.75, 3.05) is 19.7 Å². The Balaban J connectivity index is 1.65. The number of aromatic nitrogens is 2. The zero-order valence-electron chi connectivity index (χ0n) is 16.1. The van der Waals surface area contributed by atoms with Crippen LogP contribution in [0.25, 0.3) is 5.69 Å². The number of carbonyl (C=O) groups excluding carboxylic acids is 2. The molecule has 3 rings (SSSR count). The van der Waals surface area contributed by atoms with Crippen LogP contribution in [0.2, 0.25) is 0 Å². The molecule has 3 heterocycles. The van der Waals surface area contributed by atoms with E-state index in [4.69, 9.17) is 4.74 Å². The summed E-state index contributed by atoms with van der Waals surface area (Å²) in [6.07, 6.45) is 4.70. The normalized spacial score (nSPS) is 14.9. The highest BCUT2D eigenvalue weighted by Crippen LogP contribution is 2.21. The summed E-state index contributed by atoms with van der Waals surface area (Å²) in [4.78, 5) is 30.4. The first kappa shape index (κ1) is 18.9. The van der Waals surface area contributed by atoms with Crippen molar-refractivity contribution in [1.29, 1.82) is 0 Å². The van der Waals surface area contributed by atoms with Crippen molar-refractivity contribution in [3.8, 4) is 5.69 Å². The third-order valence-corrected chi connectivity index (χ3v) is 4.94. The number of pyridine rings is 1. The first-order chi connectivity index (χ1) is 13.0. The van der Waals surface area contributed by atoms with Gasteiger partial charge in [0.05, 0.1) is 24.1 Å². The van der Waals surface area contributed by atoms with Gasteiger partial charge in [0.25, 0.3) is 5.91 Å². The van der Waals surface area contributed by atoms with Crippen LogP contribution in [0, 0.1) is 13.8 Å². The molecule has 1 N–H and O–H groups in total. The molecule has 1 aliphatic rings. The lowest BCUT2D eigenvalue weighted by atomic mass is 10.0. The summed E-state index contributed by atoms with van der Waals surface area (Å²) in [5, 5.41) is 3.11. The van der Waals surface area contributed by atoms with Gasteiger partial charge in [-0.05, 0) is 51.8 Å². The predicted octanol–water partition coefficient (Wildman–Crippen LogP) is 2.84. The molecular weight excluding hydrogens is 344 g/mol. The van der Waals surface area contributed by atoms with Gasteiger partial charge in [0.2, 0.25) is 0 Å². The van der Waals surface area contributed by atoms with Crippen LogP contribution < -0.4 is 5.32 Å². The highest BCUT2D eigenvalue weighted by Gasteiger charge is 2.26. The number of hydrogen-bond acceptors (Lipinski definition) is 4. The van der Waals surface area contributed by atoms with Gasteiger partial charge < -0.3 is 19.5 Å². The van der Waals surface area contributed by atoms with Gasteiger partial charge in [0, 0.05) is 36.7 Å². The Bertz CT molecular complexity index is 808. The zero-order valence-corrected chi connectivity index (χ0v) is 16.1. The molecule has 1 saturated heterocycles. The summed E-state index contributed by atoms with van der Waals surface area (Å²) >= 11 is 0. The van der Waals surface area contributed by atoms with Crippen molar-refractivity contribution in [2.24, 2.45) is 0 Å². The highest BCUT2D eigenvalue weighted by molar-refractivity contribution is 5.96. The first-order valence-corrected chi connectivity index (χ1v) is 9.33. The molecule has 0 spiro atoms. The Morgan fingerprint density at radius 2 is 2.04 bits per heavy atom. The van der Waals surface area contributed by atoms with Gasteiger partial charge in [0.15, 0.2) is 0 Å². The summed E-state index contributed by atoms with van der Waals surface area (Å²) < 4.78 is 7.07. The van der Waals surface area contributed by atoms with Crippen LogP contribution in [0.3, 0.4) is 0 Å². The number of nitrogens with zero attached hydrogens (tertiary/aromatic N) is 3. The molecule has 0 atom stereocenters. The molecule has 0 unspecified atom stereocenters. The van der Waals surface area contributed by atoms with Crippen molar-refractivity contribution in [3.63, 3.8) is 0 Å². The fraction of sp³-hybridized carbons (Fsp3) is 0.450. The lowest BCUT2D eigenvalue weighted by Gasteiger charge is -2.31. The largest absolute Gasteiger partial charge is 0.450 e. The number of likely N-dealkylation sites (tertiary alicyclic amines) is 1. The summed E-state index contributed by atoms with van der Waals surface area (Å²) in [7, 11) is 0. The van der Waals surface area contributed by atoms with Gasteiger partial charge in [-0.3, -0.25) is 9.78 Å². The number of rotatable bonds is 4. The average Bonchev–Trinajstić information content (AvgIpc) is 2.97. The second kappa shape index (κ2) is 8.24. The number of aryl methyl sites for hydroxylation is 1. The van der Waals surface area contributed by atoms with Gasteiger partial charge in [-0.15, -0.1) is 0 Å². The van der Waals surface area contributed by atoms with Crippen LogP contribution in [0.4, 0.5) is 4.79 Å². The van der Waals surface area contributed by atoms with Crippen molar-refractivity contribution < 1.29 is 14.3 Å². The molecule has 2 aromatic rings. The number of nitrogens with one attached hydrogen (secondary N) is 1. The Kier molecular flexibility index (Phi) is 5.78. The predicted molar refractivity (Wildman–Crippen MR) is 102 cm³/mol. The maximum atomic E-state index is 12.8. The van der Waals surface area contributed by atoms with Gasteiger partial charge in [0.1, 0.15) is 0 Å². The van der Waals surface area contributed by atoms with E-state index < -0.39 is 0 Å². The number of hydrogen-bond donors (Lipinski definition) is 1. The minimum absolute atomic E-state index is 0.0598. The minimum Gasteiger partial charge on any atom is -0.450 e. The summed E-state index contributed by atoms with van der Waals surface area (Å²) in [6, 6.07) is 5.82. The van der Waals surface area contributed by atoms with E-state index in [9.17, 15) is 9.59 Å². The molecule has 2 amide bonds. The topological polar surface area (TPSA) is 76.5 Å². The molecule has 1 fully saturated rings. The Morgan fingerprint density at radius 3 is 2.67 bits per heavy atom. The van der Waals surface area contributed by atoms with Crippen molar-refractivity contribution in [3.05, 3.63) is 47.5 Å². The second-order valence-corrected chi connectivity index (χ2v) is 6.77. The Labute approximate surface area is 159 Å². The quantitative estimate of drug-likeness (QED) is 0.898. The van der Waals surface area contributed by atoms with Crippen LogP contribution in [-0.2, 0) is 4.74 Å². The lowest BCUT2D eigenvalue weighted by Crippen LogP contribution is -2.46. The molecule has 0 saturated carbocycles. The molecule has 7 heteroatoms. The van der Waals surface area contributed by atoms with E-state index in [-0.39, 0.29) is 18.0 Å². The first-order valence-electron chi connectivity index (χ1n) is 9.33. The molecule has 0 aliphatic carbocycles.